The molecule has 1 heterocycles. The molecule has 1 aliphatic carbocycles. The molecule has 188 valence electrons. The second-order valence-corrected chi connectivity index (χ2v) is 9.80. The van der Waals surface area contributed by atoms with Crippen molar-refractivity contribution in [1.82, 2.24) is 4.37 Å². The number of carbonyl (C=O) groups is 2. The second kappa shape index (κ2) is 10.1. The Morgan fingerprint density at radius 1 is 0.946 bits per heavy atom. The molecule has 37 heavy (non-hydrogen) atoms. The van der Waals surface area contributed by atoms with Crippen LogP contribution in [0.3, 0.4) is 0 Å². The number of nitrogens with zero attached hydrogens (tertiary/aromatic N) is 1. The number of hydrogen-bond donors (Lipinski definition) is 1. The Kier molecular flexibility index (Phi) is 6.76. The number of carbonyl (C=O) groups excluding carboxylic acids is 2. The monoisotopic (exact) mass is 516 g/mol. The summed E-state index contributed by atoms with van der Waals surface area (Å²) in [5, 5.41) is 2.80. The lowest BCUT2D eigenvalue weighted by molar-refractivity contribution is -0.143. The fraction of sp³-hybridized carbons (Fsp3) is 0.207. The van der Waals surface area contributed by atoms with Crippen molar-refractivity contribution in [3.63, 3.8) is 0 Å². The molecule has 0 aliphatic heterocycles. The van der Waals surface area contributed by atoms with E-state index in [0.717, 1.165) is 40.0 Å². The zero-order chi connectivity index (χ0) is 26.0. The van der Waals surface area contributed by atoms with Crippen molar-refractivity contribution in [2.45, 2.75) is 31.8 Å². The van der Waals surface area contributed by atoms with Crippen molar-refractivity contribution in [2.24, 2.45) is 0 Å². The predicted octanol–water partition coefficient (Wildman–Crippen LogP) is 6.88. The molecule has 0 saturated heterocycles. The van der Waals surface area contributed by atoms with Gasteiger partial charge < -0.3 is 9.47 Å². The molecule has 1 saturated carbocycles. The van der Waals surface area contributed by atoms with E-state index >= 15 is 0 Å². The molecule has 0 atom stereocenters. The molecule has 1 aromatic heterocycles. The third-order valence-electron chi connectivity index (χ3n) is 6.62. The lowest BCUT2D eigenvalue weighted by Crippen LogP contribution is -2.21. The van der Waals surface area contributed by atoms with E-state index in [0.29, 0.717) is 16.9 Å². The lowest BCUT2D eigenvalue weighted by Gasteiger charge is -2.13. The van der Waals surface area contributed by atoms with Gasteiger partial charge in [-0.05, 0) is 71.2 Å². The van der Waals surface area contributed by atoms with Crippen LogP contribution in [-0.2, 0) is 26.3 Å². The van der Waals surface area contributed by atoms with Crippen LogP contribution in [-0.4, -0.2) is 23.5 Å². The van der Waals surface area contributed by atoms with E-state index in [1.807, 2.05) is 55.5 Å². The highest BCUT2D eigenvalue weighted by molar-refractivity contribution is 7.10. The van der Waals surface area contributed by atoms with Crippen LogP contribution >= 0.6 is 11.5 Å². The number of ether oxygens (including phenoxy) is 2. The number of benzene rings is 3. The molecule has 4 aromatic rings. The van der Waals surface area contributed by atoms with Gasteiger partial charge in [-0.15, -0.1) is 0 Å². The van der Waals surface area contributed by atoms with Gasteiger partial charge >= 0.3 is 12.1 Å². The summed E-state index contributed by atoms with van der Waals surface area (Å²) < 4.78 is 27.8. The van der Waals surface area contributed by atoms with Gasteiger partial charge in [0.1, 0.15) is 12.4 Å². The van der Waals surface area contributed by atoms with E-state index in [4.69, 9.17) is 9.47 Å². The average Bonchev–Trinajstić information content (AvgIpc) is 3.67. The van der Waals surface area contributed by atoms with E-state index in [1.54, 1.807) is 12.1 Å². The van der Waals surface area contributed by atoms with Crippen LogP contribution in [0.15, 0.2) is 72.8 Å². The molecule has 1 N–H and O–H groups in total. The minimum Gasteiger partial charge on any atom is -0.468 e. The Morgan fingerprint density at radius 2 is 1.54 bits per heavy atom. The first-order valence-electron chi connectivity index (χ1n) is 11.8. The molecule has 5 rings (SSSR count). The number of esters is 1. The van der Waals surface area contributed by atoms with Gasteiger partial charge in [0.15, 0.2) is 0 Å². The van der Waals surface area contributed by atoms with Crippen molar-refractivity contribution < 1.29 is 23.5 Å². The summed E-state index contributed by atoms with van der Waals surface area (Å²) in [6.07, 6.45) is 1.03. The number of aryl methyl sites for hydroxylation is 1. The summed E-state index contributed by atoms with van der Waals surface area (Å²) in [5.41, 5.74) is 5.49. The van der Waals surface area contributed by atoms with E-state index in [9.17, 15) is 14.0 Å². The average molecular weight is 517 g/mol. The maximum Gasteiger partial charge on any atom is 0.412 e. The largest absolute Gasteiger partial charge is 0.468 e. The van der Waals surface area contributed by atoms with Crippen LogP contribution in [0, 0.1) is 12.7 Å². The van der Waals surface area contributed by atoms with E-state index in [-0.39, 0.29) is 18.4 Å². The number of methoxy groups -OCH3 is 1. The van der Waals surface area contributed by atoms with Crippen LogP contribution in [0.25, 0.3) is 21.6 Å². The number of amides is 1. The number of rotatable bonds is 7. The summed E-state index contributed by atoms with van der Waals surface area (Å²) in [4.78, 5) is 25.4. The minimum absolute atomic E-state index is 0.0340. The SMILES string of the molecule is COC(=O)C1(c2ccc(-c3ccc(-c4snc(C)c4NC(=O)OCc4ccc(F)cc4)cc3)cc2)CC1. The molecular formula is C29H25FN2O4S. The first-order valence-corrected chi connectivity index (χ1v) is 12.6. The zero-order valence-corrected chi connectivity index (χ0v) is 21.2. The maximum atomic E-state index is 13.1. The van der Waals surface area contributed by atoms with Crippen LogP contribution in [0.4, 0.5) is 14.9 Å². The fourth-order valence-electron chi connectivity index (χ4n) is 4.31. The third-order valence-corrected chi connectivity index (χ3v) is 7.60. The number of anilines is 1. The highest BCUT2D eigenvalue weighted by atomic mass is 32.1. The van der Waals surface area contributed by atoms with Crippen LogP contribution in [0.1, 0.15) is 29.7 Å². The van der Waals surface area contributed by atoms with Crippen molar-refractivity contribution in [3.05, 3.63) is 95.4 Å². The molecular weight excluding hydrogens is 491 g/mol. The number of hydrogen-bond acceptors (Lipinski definition) is 6. The van der Waals surface area contributed by atoms with E-state index in [1.165, 1.54) is 30.8 Å². The summed E-state index contributed by atoms with van der Waals surface area (Å²) in [6.45, 7) is 1.86. The molecule has 0 unspecified atom stereocenters. The van der Waals surface area contributed by atoms with Gasteiger partial charge in [-0.3, -0.25) is 10.1 Å². The summed E-state index contributed by atoms with van der Waals surface area (Å²) in [7, 11) is 1.43. The Bertz CT molecular complexity index is 1430. The number of nitrogens with one attached hydrogen (secondary N) is 1. The minimum atomic E-state index is -0.606. The van der Waals surface area contributed by atoms with Crippen molar-refractivity contribution in [3.8, 4) is 21.6 Å². The van der Waals surface area contributed by atoms with Crippen molar-refractivity contribution in [2.75, 3.05) is 12.4 Å². The highest BCUT2D eigenvalue weighted by Gasteiger charge is 2.52. The Hall–Kier alpha value is -4.04. The second-order valence-electron chi connectivity index (χ2n) is 9.03. The molecule has 0 spiro atoms. The lowest BCUT2D eigenvalue weighted by atomic mass is 9.93. The Labute approximate surface area is 218 Å². The van der Waals surface area contributed by atoms with Gasteiger partial charge in [-0.1, -0.05) is 60.7 Å². The Balaban J connectivity index is 1.27. The van der Waals surface area contributed by atoms with E-state index in [2.05, 4.69) is 9.69 Å². The first kappa shape index (κ1) is 24.6. The fourth-order valence-corrected chi connectivity index (χ4v) is 5.16. The molecule has 6 nitrogen and oxygen atoms in total. The van der Waals surface area contributed by atoms with Gasteiger partial charge in [0.25, 0.3) is 0 Å². The Morgan fingerprint density at radius 3 is 2.14 bits per heavy atom. The van der Waals surface area contributed by atoms with Crippen LogP contribution < -0.4 is 5.32 Å². The summed E-state index contributed by atoms with van der Waals surface area (Å²) in [6, 6.07) is 21.8. The number of halogens is 1. The maximum absolute atomic E-state index is 13.1. The predicted molar refractivity (Wildman–Crippen MR) is 141 cm³/mol. The molecule has 1 fully saturated rings. The number of aromatic nitrogens is 1. The first-order chi connectivity index (χ1) is 17.9. The van der Waals surface area contributed by atoms with Crippen LogP contribution in [0.2, 0.25) is 0 Å². The molecule has 0 bridgehead atoms. The topological polar surface area (TPSA) is 77.5 Å². The molecule has 3 aromatic carbocycles. The summed E-state index contributed by atoms with van der Waals surface area (Å²) >= 11 is 1.30. The highest BCUT2D eigenvalue weighted by Crippen LogP contribution is 2.49. The molecule has 1 aliphatic rings. The van der Waals surface area contributed by atoms with Gasteiger partial charge in [-0.25, -0.2) is 9.18 Å². The van der Waals surface area contributed by atoms with Crippen molar-refractivity contribution >= 4 is 29.3 Å². The van der Waals surface area contributed by atoms with Crippen molar-refractivity contribution in [1.29, 1.82) is 0 Å². The van der Waals surface area contributed by atoms with Gasteiger partial charge in [0.2, 0.25) is 0 Å². The molecule has 8 heteroatoms. The van der Waals surface area contributed by atoms with Gasteiger partial charge in [-0.2, -0.15) is 4.37 Å². The van der Waals surface area contributed by atoms with E-state index < -0.39 is 11.5 Å². The van der Waals surface area contributed by atoms with Crippen LogP contribution in [0.5, 0.6) is 0 Å². The standard InChI is InChI=1S/C29H25FN2O4S/c1-18-25(31-28(34)36-17-19-3-13-24(30)14-4-19)26(37-32-18)22-7-5-20(6-8-22)21-9-11-23(12-10-21)29(15-16-29)27(33)35-2/h3-14H,15-17H2,1-2H3,(H,31,34). The van der Waals surface area contributed by atoms with Gasteiger partial charge in [0.05, 0.1) is 28.8 Å². The zero-order valence-electron chi connectivity index (χ0n) is 20.4. The molecule has 0 radical (unpaired) electrons. The molecule has 1 amide bonds. The third kappa shape index (κ3) is 5.11. The normalized spacial score (nSPS) is 13.6. The summed E-state index contributed by atoms with van der Waals surface area (Å²) in [5.74, 6) is -0.515. The smallest absolute Gasteiger partial charge is 0.412 e. The quantitative estimate of drug-likeness (QED) is 0.271. The van der Waals surface area contributed by atoms with Gasteiger partial charge in [0, 0.05) is 0 Å².